The summed E-state index contributed by atoms with van der Waals surface area (Å²) < 4.78 is 24.1. The van der Waals surface area contributed by atoms with E-state index in [-0.39, 0.29) is 4.90 Å². The molecular formula is C15H13NO3S. The summed E-state index contributed by atoms with van der Waals surface area (Å²) in [6.45, 7) is 1.98. The smallest absolute Gasteiger partial charge is 0.239 e. The maximum absolute atomic E-state index is 12.1. The molecule has 1 amide bonds. The quantitative estimate of drug-likeness (QED) is 0.876. The molecule has 1 heterocycles. The van der Waals surface area contributed by atoms with Crippen molar-refractivity contribution in [3.05, 3.63) is 48.0 Å². The minimum Gasteiger partial charge on any atom is -0.324 e. The molecule has 102 valence electrons. The van der Waals surface area contributed by atoms with Gasteiger partial charge >= 0.3 is 0 Å². The van der Waals surface area contributed by atoms with Gasteiger partial charge in [-0.2, -0.15) is 0 Å². The molecular weight excluding hydrogens is 274 g/mol. The van der Waals surface area contributed by atoms with Crippen molar-refractivity contribution in [2.75, 3.05) is 11.1 Å². The van der Waals surface area contributed by atoms with Gasteiger partial charge in [-0.25, -0.2) is 8.42 Å². The highest BCUT2D eigenvalue weighted by atomic mass is 32.2. The van der Waals surface area contributed by atoms with Crippen LogP contribution in [0.1, 0.15) is 5.56 Å². The number of fused-ring (bicyclic) bond motifs is 1. The number of amides is 1. The molecule has 0 atom stereocenters. The van der Waals surface area contributed by atoms with Gasteiger partial charge in [0.2, 0.25) is 5.91 Å². The molecule has 0 aromatic heterocycles. The first-order valence-electron chi connectivity index (χ1n) is 6.19. The molecule has 0 fully saturated rings. The molecule has 5 heteroatoms. The van der Waals surface area contributed by atoms with Gasteiger partial charge in [0.1, 0.15) is 5.75 Å². The van der Waals surface area contributed by atoms with Gasteiger partial charge in [-0.1, -0.05) is 35.9 Å². The second-order valence-electron chi connectivity index (χ2n) is 4.89. The third-order valence-corrected chi connectivity index (χ3v) is 4.91. The number of anilines is 1. The fraction of sp³-hybridized carbons (Fsp3) is 0.133. The molecule has 20 heavy (non-hydrogen) atoms. The summed E-state index contributed by atoms with van der Waals surface area (Å²) in [5.74, 6) is -0.974. The number of carbonyl (C=O) groups is 1. The Balaban J connectivity index is 2.17. The van der Waals surface area contributed by atoms with E-state index in [0.717, 1.165) is 16.7 Å². The third-order valence-electron chi connectivity index (χ3n) is 3.26. The average molecular weight is 287 g/mol. The Bertz CT molecular complexity index is 810. The molecule has 2 aromatic carbocycles. The second-order valence-corrected chi connectivity index (χ2v) is 6.85. The third kappa shape index (κ3) is 2.20. The van der Waals surface area contributed by atoms with Crippen molar-refractivity contribution in [2.45, 2.75) is 11.8 Å². The molecule has 0 aliphatic carbocycles. The van der Waals surface area contributed by atoms with Crippen LogP contribution in [0.2, 0.25) is 0 Å². The number of hydrogen-bond acceptors (Lipinski definition) is 3. The first-order chi connectivity index (χ1) is 9.45. The number of nitrogens with one attached hydrogen (secondary N) is 1. The van der Waals surface area contributed by atoms with E-state index in [0.29, 0.717) is 5.69 Å². The number of carbonyl (C=O) groups excluding carboxylic acids is 1. The normalized spacial score (nSPS) is 16.4. The van der Waals surface area contributed by atoms with Gasteiger partial charge in [-0.05, 0) is 30.2 Å². The Morgan fingerprint density at radius 2 is 1.80 bits per heavy atom. The molecule has 1 N–H and O–H groups in total. The largest absolute Gasteiger partial charge is 0.324 e. The molecule has 3 rings (SSSR count). The van der Waals surface area contributed by atoms with Crippen LogP contribution in [0.4, 0.5) is 5.69 Å². The van der Waals surface area contributed by atoms with Crippen molar-refractivity contribution < 1.29 is 13.2 Å². The van der Waals surface area contributed by atoms with Crippen LogP contribution in [0.15, 0.2) is 47.4 Å². The highest BCUT2D eigenvalue weighted by molar-refractivity contribution is 7.92. The zero-order valence-corrected chi connectivity index (χ0v) is 11.7. The summed E-state index contributed by atoms with van der Waals surface area (Å²) in [5.41, 5.74) is 3.25. The van der Waals surface area contributed by atoms with E-state index in [9.17, 15) is 13.2 Å². The van der Waals surface area contributed by atoms with Gasteiger partial charge in [0.15, 0.2) is 9.84 Å². The van der Waals surface area contributed by atoms with E-state index in [1.807, 2.05) is 37.3 Å². The van der Waals surface area contributed by atoms with Crippen molar-refractivity contribution in [1.29, 1.82) is 0 Å². The predicted molar refractivity (Wildman–Crippen MR) is 77.3 cm³/mol. The van der Waals surface area contributed by atoms with Gasteiger partial charge in [0.25, 0.3) is 0 Å². The lowest BCUT2D eigenvalue weighted by molar-refractivity contribution is -0.114. The first kappa shape index (κ1) is 12.9. The van der Waals surface area contributed by atoms with Crippen LogP contribution in [-0.2, 0) is 14.6 Å². The highest BCUT2D eigenvalue weighted by Gasteiger charge is 2.28. The number of hydrogen-bond donors (Lipinski definition) is 1. The lowest BCUT2D eigenvalue weighted by Crippen LogP contribution is -2.29. The summed E-state index contributed by atoms with van der Waals surface area (Å²) in [6.07, 6.45) is 0. The lowest BCUT2D eigenvalue weighted by Gasteiger charge is -2.18. The molecule has 0 unspecified atom stereocenters. The Kier molecular flexibility index (Phi) is 2.87. The van der Waals surface area contributed by atoms with E-state index in [1.54, 1.807) is 12.1 Å². The van der Waals surface area contributed by atoms with Crippen LogP contribution >= 0.6 is 0 Å². The van der Waals surface area contributed by atoms with E-state index in [4.69, 9.17) is 0 Å². The van der Waals surface area contributed by atoms with Crippen LogP contribution < -0.4 is 5.32 Å². The molecule has 1 aliphatic heterocycles. The average Bonchev–Trinajstić information content (AvgIpc) is 2.37. The Morgan fingerprint density at radius 1 is 1.05 bits per heavy atom. The maximum atomic E-state index is 12.1. The fourth-order valence-corrected chi connectivity index (χ4v) is 3.66. The highest BCUT2D eigenvalue weighted by Crippen LogP contribution is 2.31. The van der Waals surface area contributed by atoms with Crippen LogP contribution in [0, 0.1) is 6.92 Å². The van der Waals surface area contributed by atoms with E-state index in [1.165, 1.54) is 0 Å². The number of aryl methyl sites for hydroxylation is 1. The second kappa shape index (κ2) is 4.45. The van der Waals surface area contributed by atoms with E-state index < -0.39 is 21.5 Å². The zero-order chi connectivity index (χ0) is 14.3. The Morgan fingerprint density at radius 3 is 2.55 bits per heavy atom. The van der Waals surface area contributed by atoms with Gasteiger partial charge in [0.05, 0.1) is 10.6 Å². The first-order valence-corrected chi connectivity index (χ1v) is 7.85. The van der Waals surface area contributed by atoms with Gasteiger partial charge in [0, 0.05) is 0 Å². The van der Waals surface area contributed by atoms with Crippen LogP contribution in [0.3, 0.4) is 0 Å². The van der Waals surface area contributed by atoms with Crippen LogP contribution in [-0.4, -0.2) is 20.1 Å². The summed E-state index contributed by atoms with van der Waals surface area (Å²) >= 11 is 0. The molecule has 4 nitrogen and oxygen atoms in total. The molecule has 0 spiro atoms. The molecule has 0 radical (unpaired) electrons. The topological polar surface area (TPSA) is 63.2 Å². The van der Waals surface area contributed by atoms with Crippen molar-refractivity contribution in [3.63, 3.8) is 0 Å². The van der Waals surface area contributed by atoms with Gasteiger partial charge in [-0.15, -0.1) is 0 Å². The van der Waals surface area contributed by atoms with Crippen molar-refractivity contribution in [2.24, 2.45) is 0 Å². The lowest BCUT2D eigenvalue weighted by atomic mass is 10.0. The molecule has 0 saturated carbocycles. The SMILES string of the molecule is Cc1cccc(-c2ccc3c(c2)S(=O)(=O)CC(=O)N3)c1. The summed E-state index contributed by atoms with van der Waals surface area (Å²) in [4.78, 5) is 11.5. The Labute approximate surface area is 117 Å². The summed E-state index contributed by atoms with van der Waals surface area (Å²) in [6, 6.07) is 12.9. The fourth-order valence-electron chi connectivity index (χ4n) is 2.32. The molecule has 0 bridgehead atoms. The van der Waals surface area contributed by atoms with Crippen molar-refractivity contribution >= 4 is 21.4 Å². The monoisotopic (exact) mass is 287 g/mol. The molecule has 0 saturated heterocycles. The minimum atomic E-state index is -3.54. The van der Waals surface area contributed by atoms with Gasteiger partial charge < -0.3 is 5.32 Å². The Hall–Kier alpha value is -2.14. The molecule has 1 aliphatic rings. The number of benzene rings is 2. The number of rotatable bonds is 1. The van der Waals surface area contributed by atoms with E-state index >= 15 is 0 Å². The van der Waals surface area contributed by atoms with Crippen molar-refractivity contribution in [1.82, 2.24) is 0 Å². The van der Waals surface area contributed by atoms with Gasteiger partial charge in [-0.3, -0.25) is 4.79 Å². The predicted octanol–water partition coefficient (Wildman–Crippen LogP) is 2.39. The summed E-state index contributed by atoms with van der Waals surface area (Å²) in [7, 11) is -3.54. The van der Waals surface area contributed by atoms with Crippen LogP contribution in [0.25, 0.3) is 11.1 Å². The maximum Gasteiger partial charge on any atom is 0.239 e. The standard InChI is InChI=1S/C15H13NO3S/c1-10-3-2-4-11(7-10)12-5-6-13-14(8-12)20(18,19)9-15(17)16-13/h2-8H,9H2,1H3,(H,16,17). The van der Waals surface area contributed by atoms with E-state index in [2.05, 4.69) is 5.32 Å². The summed E-state index contributed by atoms with van der Waals surface area (Å²) in [5, 5.41) is 2.59. The van der Waals surface area contributed by atoms with Crippen molar-refractivity contribution in [3.8, 4) is 11.1 Å². The number of sulfone groups is 1. The molecule has 2 aromatic rings. The van der Waals surface area contributed by atoms with Crippen LogP contribution in [0.5, 0.6) is 0 Å². The minimum absolute atomic E-state index is 0.191. The zero-order valence-electron chi connectivity index (χ0n) is 10.9.